The van der Waals surface area contributed by atoms with Gasteiger partial charge in [-0.25, -0.2) is 0 Å². The van der Waals surface area contributed by atoms with Gasteiger partial charge in [0, 0.05) is 19.6 Å². The van der Waals surface area contributed by atoms with Crippen LogP contribution >= 0.6 is 0 Å². The summed E-state index contributed by atoms with van der Waals surface area (Å²) in [6, 6.07) is 10.5. The Kier molecular flexibility index (Phi) is 12.0. The molecule has 2 nitrogen and oxygen atoms in total. The lowest BCUT2D eigenvalue weighted by Crippen LogP contribution is -2.21. The molecule has 0 unspecified atom stereocenters. The second kappa shape index (κ2) is 13.8. The maximum atomic E-state index is 5.98. The molecule has 22 heavy (non-hydrogen) atoms. The van der Waals surface area contributed by atoms with Crippen LogP contribution in [0.1, 0.15) is 70.8 Å². The summed E-state index contributed by atoms with van der Waals surface area (Å²) in [6.07, 6.45) is 10.7. The van der Waals surface area contributed by atoms with Gasteiger partial charge in [0.15, 0.2) is 6.29 Å². The Morgan fingerprint density at radius 2 is 1.27 bits per heavy atom. The second-order valence-corrected chi connectivity index (χ2v) is 5.98. The van der Waals surface area contributed by atoms with Crippen molar-refractivity contribution in [2.24, 2.45) is 0 Å². The molecule has 0 saturated carbocycles. The minimum atomic E-state index is -0.0920. The summed E-state index contributed by atoms with van der Waals surface area (Å²) in [5, 5.41) is 0. The molecule has 126 valence electrons. The van der Waals surface area contributed by atoms with E-state index in [1.807, 2.05) is 0 Å². The lowest BCUT2D eigenvalue weighted by atomic mass is 10.1. The minimum absolute atomic E-state index is 0.0920. The topological polar surface area (TPSA) is 18.5 Å². The van der Waals surface area contributed by atoms with Crippen molar-refractivity contribution in [1.29, 1.82) is 0 Å². The van der Waals surface area contributed by atoms with Crippen molar-refractivity contribution in [3.63, 3.8) is 0 Å². The molecule has 0 aliphatic rings. The van der Waals surface area contributed by atoms with Crippen LogP contribution in [-0.4, -0.2) is 19.5 Å². The maximum absolute atomic E-state index is 5.98. The highest BCUT2D eigenvalue weighted by Crippen LogP contribution is 2.10. The average Bonchev–Trinajstić information content (AvgIpc) is 2.55. The smallest absolute Gasteiger partial charge is 0.161 e. The van der Waals surface area contributed by atoms with Crippen molar-refractivity contribution < 1.29 is 9.47 Å². The molecular weight excluding hydrogens is 272 g/mol. The van der Waals surface area contributed by atoms with Crippen molar-refractivity contribution in [3.8, 4) is 0 Å². The SMILES string of the molecule is CCCCCCOC(Cc1ccccc1)OCCCCCC. The molecule has 0 N–H and O–H groups in total. The number of unbranched alkanes of at least 4 members (excludes halogenated alkanes) is 6. The Balaban J connectivity index is 2.29. The zero-order valence-electron chi connectivity index (χ0n) is 14.6. The Morgan fingerprint density at radius 1 is 0.727 bits per heavy atom. The molecule has 0 aliphatic carbocycles. The van der Waals surface area contributed by atoms with Crippen LogP contribution in [-0.2, 0) is 15.9 Å². The lowest BCUT2D eigenvalue weighted by Gasteiger charge is -2.19. The quantitative estimate of drug-likeness (QED) is 0.322. The molecule has 1 aromatic carbocycles. The summed E-state index contributed by atoms with van der Waals surface area (Å²) in [7, 11) is 0. The molecule has 0 heterocycles. The van der Waals surface area contributed by atoms with E-state index in [0.29, 0.717) is 0 Å². The zero-order chi connectivity index (χ0) is 15.9. The van der Waals surface area contributed by atoms with Crippen LogP contribution < -0.4 is 0 Å². The van der Waals surface area contributed by atoms with Crippen LogP contribution in [0.4, 0.5) is 0 Å². The highest BCUT2D eigenvalue weighted by atomic mass is 16.7. The molecular formula is C20H34O2. The van der Waals surface area contributed by atoms with Gasteiger partial charge in [0.1, 0.15) is 0 Å². The largest absolute Gasteiger partial charge is 0.352 e. The van der Waals surface area contributed by atoms with Gasteiger partial charge in [-0.3, -0.25) is 0 Å². The van der Waals surface area contributed by atoms with Crippen molar-refractivity contribution in [2.45, 2.75) is 77.9 Å². The van der Waals surface area contributed by atoms with Crippen LogP contribution in [0.3, 0.4) is 0 Å². The molecule has 0 aromatic heterocycles. The van der Waals surface area contributed by atoms with Crippen molar-refractivity contribution in [3.05, 3.63) is 35.9 Å². The normalized spacial score (nSPS) is 11.2. The summed E-state index contributed by atoms with van der Waals surface area (Å²) in [5.41, 5.74) is 1.29. The highest BCUT2D eigenvalue weighted by Gasteiger charge is 2.10. The van der Waals surface area contributed by atoms with Gasteiger partial charge in [-0.1, -0.05) is 82.7 Å². The summed E-state index contributed by atoms with van der Waals surface area (Å²) in [5.74, 6) is 0. The van der Waals surface area contributed by atoms with E-state index in [1.165, 1.54) is 44.1 Å². The average molecular weight is 306 g/mol. The number of ether oxygens (including phenoxy) is 2. The third-order valence-electron chi connectivity index (χ3n) is 3.85. The van der Waals surface area contributed by atoms with E-state index in [4.69, 9.17) is 9.47 Å². The molecule has 0 bridgehead atoms. The Labute approximate surface area is 137 Å². The maximum Gasteiger partial charge on any atom is 0.161 e. The summed E-state index contributed by atoms with van der Waals surface area (Å²) in [6.45, 7) is 6.09. The molecule has 0 atom stereocenters. The van der Waals surface area contributed by atoms with Crippen molar-refractivity contribution in [2.75, 3.05) is 13.2 Å². The molecule has 0 aliphatic heterocycles. The number of hydrogen-bond donors (Lipinski definition) is 0. The molecule has 1 aromatic rings. The molecule has 0 amide bonds. The number of benzene rings is 1. The monoisotopic (exact) mass is 306 g/mol. The van der Waals surface area contributed by atoms with Gasteiger partial charge < -0.3 is 9.47 Å². The van der Waals surface area contributed by atoms with Gasteiger partial charge in [0.05, 0.1) is 0 Å². The van der Waals surface area contributed by atoms with E-state index in [2.05, 4.69) is 44.2 Å². The molecule has 1 rings (SSSR count). The van der Waals surface area contributed by atoms with E-state index in [0.717, 1.165) is 32.5 Å². The summed E-state index contributed by atoms with van der Waals surface area (Å²) >= 11 is 0. The predicted octanol–water partition coefficient (Wildman–Crippen LogP) is 5.75. The predicted molar refractivity (Wildman–Crippen MR) is 94.1 cm³/mol. The summed E-state index contributed by atoms with van der Waals surface area (Å²) in [4.78, 5) is 0. The first-order chi connectivity index (χ1) is 10.9. The van der Waals surface area contributed by atoms with Crippen molar-refractivity contribution >= 4 is 0 Å². The molecule has 2 heteroatoms. The fraction of sp³-hybridized carbons (Fsp3) is 0.700. The third kappa shape index (κ3) is 9.97. The van der Waals surface area contributed by atoms with Gasteiger partial charge in [-0.15, -0.1) is 0 Å². The number of rotatable bonds is 14. The van der Waals surface area contributed by atoms with E-state index in [9.17, 15) is 0 Å². The standard InChI is InChI=1S/C20H34O2/c1-3-5-7-12-16-21-20(22-17-13-8-6-4-2)18-19-14-10-9-11-15-19/h9-11,14-15,20H,3-8,12-13,16-18H2,1-2H3. The molecule has 0 fully saturated rings. The lowest BCUT2D eigenvalue weighted by molar-refractivity contribution is -0.142. The van der Waals surface area contributed by atoms with Crippen LogP contribution in [0.25, 0.3) is 0 Å². The first-order valence-electron chi connectivity index (χ1n) is 9.14. The fourth-order valence-corrected chi connectivity index (χ4v) is 2.46. The molecule has 0 radical (unpaired) electrons. The van der Waals surface area contributed by atoms with Gasteiger partial charge in [-0.05, 0) is 18.4 Å². The van der Waals surface area contributed by atoms with Crippen molar-refractivity contribution in [1.82, 2.24) is 0 Å². The van der Waals surface area contributed by atoms with Gasteiger partial charge >= 0.3 is 0 Å². The summed E-state index contributed by atoms with van der Waals surface area (Å²) < 4.78 is 12.0. The first-order valence-corrected chi connectivity index (χ1v) is 9.14. The van der Waals surface area contributed by atoms with E-state index in [-0.39, 0.29) is 6.29 Å². The van der Waals surface area contributed by atoms with Gasteiger partial charge in [0.25, 0.3) is 0 Å². The fourth-order valence-electron chi connectivity index (χ4n) is 2.46. The number of hydrogen-bond acceptors (Lipinski definition) is 2. The zero-order valence-corrected chi connectivity index (χ0v) is 14.6. The first kappa shape index (κ1) is 19.2. The molecule has 0 spiro atoms. The van der Waals surface area contributed by atoms with Crippen LogP contribution in [0.15, 0.2) is 30.3 Å². The van der Waals surface area contributed by atoms with Gasteiger partial charge in [-0.2, -0.15) is 0 Å². The second-order valence-electron chi connectivity index (χ2n) is 5.98. The van der Waals surface area contributed by atoms with E-state index in [1.54, 1.807) is 0 Å². The Bertz CT molecular complexity index is 323. The van der Waals surface area contributed by atoms with Crippen LogP contribution in [0, 0.1) is 0 Å². The Morgan fingerprint density at radius 3 is 1.77 bits per heavy atom. The van der Waals surface area contributed by atoms with Gasteiger partial charge in [0.2, 0.25) is 0 Å². The molecule has 0 saturated heterocycles. The minimum Gasteiger partial charge on any atom is -0.352 e. The third-order valence-corrected chi connectivity index (χ3v) is 3.85. The van der Waals surface area contributed by atoms with E-state index < -0.39 is 0 Å². The van der Waals surface area contributed by atoms with E-state index >= 15 is 0 Å². The van der Waals surface area contributed by atoms with Crippen LogP contribution in [0.2, 0.25) is 0 Å². The Hall–Kier alpha value is -0.860. The highest BCUT2D eigenvalue weighted by molar-refractivity contribution is 5.15. The van der Waals surface area contributed by atoms with Crippen LogP contribution in [0.5, 0.6) is 0 Å².